The molecule has 0 spiro atoms. The molecule has 2 aromatic heterocycles. The summed E-state index contributed by atoms with van der Waals surface area (Å²) in [6.45, 7) is 5.53. The minimum atomic E-state index is -0.418. The zero-order chi connectivity index (χ0) is 22.0. The van der Waals surface area contributed by atoms with E-state index >= 15 is 0 Å². The van der Waals surface area contributed by atoms with Gasteiger partial charge < -0.3 is 4.52 Å². The molecular weight excluding hydrogens is 392 g/mol. The van der Waals surface area contributed by atoms with E-state index in [1.807, 2.05) is 55.5 Å². The summed E-state index contributed by atoms with van der Waals surface area (Å²) in [5.74, 6) is -0.194. The zero-order valence-corrected chi connectivity index (χ0v) is 17.5. The molecule has 0 aliphatic carbocycles. The molecule has 7 heteroatoms. The molecule has 0 fully saturated rings. The second-order valence-corrected chi connectivity index (χ2v) is 7.42. The third-order valence-corrected chi connectivity index (χ3v) is 5.14. The normalized spacial score (nSPS) is 10.8. The molecule has 2 N–H and O–H groups in total. The van der Waals surface area contributed by atoms with Crippen LogP contribution in [0.15, 0.2) is 59.1 Å². The Bertz CT molecular complexity index is 1260. The van der Waals surface area contributed by atoms with E-state index in [2.05, 4.69) is 16.0 Å². The van der Waals surface area contributed by atoms with Crippen LogP contribution in [0.25, 0.3) is 22.2 Å². The third kappa shape index (κ3) is 4.30. The van der Waals surface area contributed by atoms with Crippen LogP contribution >= 0.6 is 0 Å². The molecular formula is C24H22N4O3. The summed E-state index contributed by atoms with van der Waals surface area (Å²) in [5, 5.41) is 4.55. The summed E-state index contributed by atoms with van der Waals surface area (Å²) in [4.78, 5) is 30.0. The van der Waals surface area contributed by atoms with Crippen LogP contribution in [0, 0.1) is 20.8 Å². The highest BCUT2D eigenvalue weighted by molar-refractivity contribution is 6.07. The van der Waals surface area contributed by atoms with E-state index in [4.69, 9.17) is 9.51 Å². The van der Waals surface area contributed by atoms with Gasteiger partial charge in [0.25, 0.3) is 5.91 Å². The molecule has 156 valence electrons. The van der Waals surface area contributed by atoms with E-state index in [1.54, 1.807) is 19.9 Å². The van der Waals surface area contributed by atoms with Crippen LogP contribution in [0.5, 0.6) is 0 Å². The topological polar surface area (TPSA) is 97.1 Å². The number of hydrazine groups is 1. The molecule has 4 aromatic rings. The smallest absolute Gasteiger partial charge is 0.270 e. The minimum absolute atomic E-state index is 0.0627. The van der Waals surface area contributed by atoms with Crippen molar-refractivity contribution in [3.63, 3.8) is 0 Å². The second kappa shape index (κ2) is 8.39. The van der Waals surface area contributed by atoms with Gasteiger partial charge in [-0.15, -0.1) is 0 Å². The lowest BCUT2D eigenvalue weighted by molar-refractivity contribution is -0.121. The molecule has 0 bridgehead atoms. The molecule has 2 heterocycles. The summed E-state index contributed by atoms with van der Waals surface area (Å²) in [6, 6.07) is 17.1. The quantitative estimate of drug-likeness (QED) is 0.495. The van der Waals surface area contributed by atoms with Gasteiger partial charge in [-0.3, -0.25) is 20.4 Å². The molecule has 0 aliphatic heterocycles. The average molecular weight is 414 g/mol. The lowest BCUT2D eigenvalue weighted by Gasteiger charge is -2.11. The first-order chi connectivity index (χ1) is 14.9. The number of carbonyl (C=O) groups excluding carboxylic acids is 2. The SMILES string of the molecule is Cc1ccc(-c2cc(C(=O)NNC(=O)Cc3c(C)noc3C)c3ccccc3n2)cc1. The number of amides is 2. The summed E-state index contributed by atoms with van der Waals surface area (Å²) in [6.07, 6.45) is 0.0627. The van der Waals surface area contributed by atoms with Crippen LogP contribution in [-0.4, -0.2) is 22.0 Å². The standard InChI is InChI=1S/C24H22N4O3/c1-14-8-10-17(11-9-14)22-12-20(18-6-4-5-7-21(18)25-22)24(30)27-26-23(29)13-19-15(2)28-31-16(19)3/h4-12H,13H2,1-3H3,(H,26,29)(H,27,30). The lowest BCUT2D eigenvalue weighted by atomic mass is 10.0. The van der Waals surface area contributed by atoms with Crippen molar-refractivity contribution in [3.8, 4) is 11.3 Å². The van der Waals surface area contributed by atoms with E-state index in [0.29, 0.717) is 39.2 Å². The molecule has 0 saturated carbocycles. The molecule has 4 rings (SSSR count). The first kappa shape index (κ1) is 20.3. The number of rotatable bonds is 4. The fourth-order valence-corrected chi connectivity index (χ4v) is 3.39. The Balaban J connectivity index is 1.58. The van der Waals surface area contributed by atoms with Crippen LogP contribution in [0.1, 0.15) is 32.9 Å². The first-order valence-corrected chi connectivity index (χ1v) is 9.90. The van der Waals surface area contributed by atoms with Gasteiger partial charge in [0.1, 0.15) is 5.76 Å². The number of hydrogen-bond donors (Lipinski definition) is 2. The highest BCUT2D eigenvalue weighted by Crippen LogP contribution is 2.25. The Morgan fingerprint density at radius 1 is 0.968 bits per heavy atom. The number of nitrogens with zero attached hydrogens (tertiary/aromatic N) is 2. The van der Waals surface area contributed by atoms with Crippen molar-refractivity contribution in [2.45, 2.75) is 27.2 Å². The molecule has 0 unspecified atom stereocenters. The van der Waals surface area contributed by atoms with E-state index in [1.165, 1.54) is 0 Å². The van der Waals surface area contributed by atoms with E-state index < -0.39 is 5.91 Å². The molecule has 0 atom stereocenters. The summed E-state index contributed by atoms with van der Waals surface area (Å²) >= 11 is 0. The first-order valence-electron chi connectivity index (χ1n) is 9.90. The monoisotopic (exact) mass is 414 g/mol. The predicted molar refractivity (Wildman–Crippen MR) is 117 cm³/mol. The highest BCUT2D eigenvalue weighted by Gasteiger charge is 2.17. The number of para-hydroxylation sites is 1. The fourth-order valence-electron chi connectivity index (χ4n) is 3.39. The van der Waals surface area contributed by atoms with Crippen molar-refractivity contribution < 1.29 is 14.1 Å². The maximum Gasteiger partial charge on any atom is 0.270 e. The van der Waals surface area contributed by atoms with E-state index in [0.717, 1.165) is 11.1 Å². The molecule has 2 amide bonds. The summed E-state index contributed by atoms with van der Waals surface area (Å²) < 4.78 is 5.08. The van der Waals surface area contributed by atoms with Crippen LogP contribution in [0.4, 0.5) is 0 Å². The number of aryl methyl sites for hydroxylation is 3. The number of carbonyl (C=O) groups is 2. The van der Waals surface area contributed by atoms with Crippen molar-refractivity contribution in [2.24, 2.45) is 0 Å². The van der Waals surface area contributed by atoms with Crippen molar-refractivity contribution in [2.75, 3.05) is 0 Å². The van der Waals surface area contributed by atoms with Crippen LogP contribution in [0.3, 0.4) is 0 Å². The lowest BCUT2D eigenvalue weighted by Crippen LogP contribution is -2.42. The van der Waals surface area contributed by atoms with Gasteiger partial charge in [-0.1, -0.05) is 53.2 Å². The van der Waals surface area contributed by atoms with Gasteiger partial charge in [-0.25, -0.2) is 4.98 Å². The molecule has 0 aliphatic rings. The Hall–Kier alpha value is -4.00. The van der Waals surface area contributed by atoms with Crippen LogP contribution < -0.4 is 10.9 Å². The minimum Gasteiger partial charge on any atom is -0.361 e. The molecule has 0 radical (unpaired) electrons. The second-order valence-electron chi connectivity index (χ2n) is 7.42. The number of benzene rings is 2. The van der Waals surface area contributed by atoms with Gasteiger partial charge in [0.2, 0.25) is 5.91 Å². The Kier molecular flexibility index (Phi) is 5.49. The Labute approximate surface area is 179 Å². The number of fused-ring (bicyclic) bond motifs is 1. The van der Waals surface area contributed by atoms with Crippen molar-refractivity contribution in [1.29, 1.82) is 0 Å². The van der Waals surface area contributed by atoms with Crippen LogP contribution in [0.2, 0.25) is 0 Å². The Morgan fingerprint density at radius 2 is 1.71 bits per heavy atom. The molecule has 31 heavy (non-hydrogen) atoms. The van der Waals surface area contributed by atoms with Gasteiger partial charge in [-0.2, -0.15) is 0 Å². The van der Waals surface area contributed by atoms with Gasteiger partial charge in [0.05, 0.1) is 28.9 Å². The predicted octanol–water partition coefficient (Wildman–Crippen LogP) is 3.82. The van der Waals surface area contributed by atoms with Gasteiger partial charge in [0, 0.05) is 16.5 Å². The van der Waals surface area contributed by atoms with Crippen molar-refractivity contribution in [1.82, 2.24) is 21.0 Å². The molecule has 7 nitrogen and oxygen atoms in total. The summed E-state index contributed by atoms with van der Waals surface area (Å²) in [7, 11) is 0. The largest absolute Gasteiger partial charge is 0.361 e. The van der Waals surface area contributed by atoms with Gasteiger partial charge >= 0.3 is 0 Å². The van der Waals surface area contributed by atoms with Gasteiger partial charge in [0.15, 0.2) is 0 Å². The Morgan fingerprint density at radius 3 is 2.42 bits per heavy atom. The zero-order valence-electron chi connectivity index (χ0n) is 17.5. The van der Waals surface area contributed by atoms with Gasteiger partial charge in [-0.05, 0) is 32.9 Å². The van der Waals surface area contributed by atoms with Crippen LogP contribution in [-0.2, 0) is 11.2 Å². The average Bonchev–Trinajstić information content (AvgIpc) is 3.09. The van der Waals surface area contributed by atoms with Crippen molar-refractivity contribution in [3.05, 3.63) is 82.7 Å². The maximum atomic E-state index is 13.0. The van der Waals surface area contributed by atoms with Crippen molar-refractivity contribution >= 4 is 22.7 Å². The number of pyridine rings is 1. The maximum absolute atomic E-state index is 13.0. The molecule has 0 saturated heterocycles. The number of aromatic nitrogens is 2. The fraction of sp³-hybridized carbons (Fsp3) is 0.167. The summed E-state index contributed by atoms with van der Waals surface area (Å²) in [5.41, 5.74) is 10.2. The molecule has 2 aromatic carbocycles. The third-order valence-electron chi connectivity index (χ3n) is 5.14. The van der Waals surface area contributed by atoms with E-state index in [-0.39, 0.29) is 12.3 Å². The number of hydrogen-bond acceptors (Lipinski definition) is 5. The highest BCUT2D eigenvalue weighted by atomic mass is 16.5. The van der Waals surface area contributed by atoms with E-state index in [9.17, 15) is 9.59 Å². The number of nitrogens with one attached hydrogen (secondary N) is 2.